The maximum absolute atomic E-state index is 13.1. The molecule has 0 saturated heterocycles. The minimum absolute atomic E-state index is 0.00790. The molecule has 2 aromatic rings. The summed E-state index contributed by atoms with van der Waals surface area (Å²) in [6, 6.07) is 7.12. The Bertz CT molecular complexity index is 848. The molecule has 7 heteroatoms. The van der Waals surface area contributed by atoms with Crippen LogP contribution in [0.3, 0.4) is 0 Å². The van der Waals surface area contributed by atoms with Gasteiger partial charge in [0.1, 0.15) is 0 Å². The number of hydrogen-bond acceptors (Lipinski definition) is 3. The predicted molar refractivity (Wildman–Crippen MR) is 78.6 cm³/mol. The minimum atomic E-state index is -3.45. The zero-order valence-electron chi connectivity index (χ0n) is 11.9. The van der Waals surface area contributed by atoms with Crippen molar-refractivity contribution < 1.29 is 22.0 Å². The highest BCUT2D eigenvalue weighted by atomic mass is 32.2. The van der Waals surface area contributed by atoms with E-state index in [1.807, 2.05) is 0 Å². The number of amides is 1. The lowest BCUT2D eigenvalue weighted by Crippen LogP contribution is -2.14. The molecule has 0 aliphatic rings. The van der Waals surface area contributed by atoms with Crippen molar-refractivity contribution in [3.05, 3.63) is 59.2 Å². The standard InChI is InChI=1S/C15H13F2NO3S/c1-9-3-5-11(22(2,20)21)8-12(9)15(19)18-10-4-6-13(16)14(17)7-10/h3-8H,1-2H3,(H,18,19). The van der Waals surface area contributed by atoms with E-state index in [2.05, 4.69) is 5.32 Å². The number of nitrogens with one attached hydrogen (secondary N) is 1. The van der Waals surface area contributed by atoms with E-state index in [-0.39, 0.29) is 16.1 Å². The smallest absolute Gasteiger partial charge is 0.255 e. The highest BCUT2D eigenvalue weighted by Gasteiger charge is 2.15. The number of benzene rings is 2. The summed E-state index contributed by atoms with van der Waals surface area (Å²) in [4.78, 5) is 12.2. The summed E-state index contributed by atoms with van der Waals surface area (Å²) in [5, 5.41) is 2.41. The van der Waals surface area contributed by atoms with Gasteiger partial charge in [-0.05, 0) is 36.8 Å². The number of hydrogen-bond donors (Lipinski definition) is 1. The molecule has 0 bridgehead atoms. The van der Waals surface area contributed by atoms with Gasteiger partial charge in [-0.1, -0.05) is 6.07 Å². The fraction of sp³-hybridized carbons (Fsp3) is 0.133. The fourth-order valence-electron chi connectivity index (χ4n) is 1.85. The van der Waals surface area contributed by atoms with E-state index in [1.54, 1.807) is 6.92 Å². The molecular weight excluding hydrogens is 312 g/mol. The second-order valence-corrected chi connectivity index (χ2v) is 6.85. The first kappa shape index (κ1) is 16.1. The van der Waals surface area contributed by atoms with Gasteiger partial charge in [-0.25, -0.2) is 17.2 Å². The van der Waals surface area contributed by atoms with Crippen LogP contribution < -0.4 is 5.32 Å². The van der Waals surface area contributed by atoms with Gasteiger partial charge in [0, 0.05) is 23.6 Å². The summed E-state index contributed by atoms with van der Waals surface area (Å²) in [5.74, 6) is -2.71. The second kappa shape index (κ2) is 5.84. The Morgan fingerprint density at radius 1 is 1.05 bits per heavy atom. The zero-order chi connectivity index (χ0) is 16.5. The van der Waals surface area contributed by atoms with Crippen LogP contribution in [-0.4, -0.2) is 20.6 Å². The van der Waals surface area contributed by atoms with E-state index in [0.717, 1.165) is 18.4 Å². The Kier molecular flexibility index (Phi) is 4.27. The van der Waals surface area contributed by atoms with Crippen LogP contribution in [0.2, 0.25) is 0 Å². The average molecular weight is 325 g/mol. The molecule has 2 aromatic carbocycles. The number of sulfone groups is 1. The Hall–Kier alpha value is -2.28. The van der Waals surface area contributed by atoms with Gasteiger partial charge in [-0.2, -0.15) is 0 Å². The summed E-state index contributed by atoms with van der Waals surface area (Å²) in [6.07, 6.45) is 1.04. The first-order chi connectivity index (χ1) is 10.2. The third-order valence-corrected chi connectivity index (χ3v) is 4.17. The molecule has 0 aromatic heterocycles. The van der Waals surface area contributed by atoms with Crippen LogP contribution in [0, 0.1) is 18.6 Å². The molecule has 0 atom stereocenters. The molecule has 0 fully saturated rings. The molecule has 22 heavy (non-hydrogen) atoms. The first-order valence-corrected chi connectivity index (χ1v) is 8.15. The molecule has 2 rings (SSSR count). The number of anilines is 1. The van der Waals surface area contributed by atoms with Crippen molar-refractivity contribution in [3.8, 4) is 0 Å². The van der Waals surface area contributed by atoms with E-state index < -0.39 is 27.4 Å². The highest BCUT2D eigenvalue weighted by Crippen LogP contribution is 2.18. The van der Waals surface area contributed by atoms with Crippen LogP contribution in [0.1, 0.15) is 15.9 Å². The molecule has 0 aliphatic heterocycles. The maximum Gasteiger partial charge on any atom is 0.255 e. The van der Waals surface area contributed by atoms with Gasteiger partial charge in [-0.3, -0.25) is 4.79 Å². The van der Waals surface area contributed by atoms with Crippen LogP contribution in [0.15, 0.2) is 41.3 Å². The normalized spacial score (nSPS) is 11.3. The minimum Gasteiger partial charge on any atom is -0.322 e. The predicted octanol–water partition coefficient (Wildman–Crippen LogP) is 2.93. The molecule has 0 spiro atoms. The SMILES string of the molecule is Cc1ccc(S(C)(=O)=O)cc1C(=O)Nc1ccc(F)c(F)c1. The van der Waals surface area contributed by atoms with Crippen LogP contribution >= 0.6 is 0 Å². The van der Waals surface area contributed by atoms with E-state index in [9.17, 15) is 22.0 Å². The maximum atomic E-state index is 13.1. The molecule has 0 saturated carbocycles. The number of rotatable bonds is 3. The topological polar surface area (TPSA) is 63.2 Å². The summed E-state index contributed by atoms with van der Waals surface area (Å²) in [7, 11) is -3.45. The molecule has 0 unspecified atom stereocenters. The van der Waals surface area contributed by atoms with Crippen molar-refractivity contribution in [3.63, 3.8) is 0 Å². The van der Waals surface area contributed by atoms with E-state index in [1.165, 1.54) is 24.3 Å². The summed E-state index contributed by atoms with van der Waals surface area (Å²) in [5.41, 5.74) is 0.785. The Labute approximate surface area is 126 Å². The lowest BCUT2D eigenvalue weighted by molar-refractivity contribution is 0.102. The monoisotopic (exact) mass is 325 g/mol. The van der Waals surface area contributed by atoms with Gasteiger partial charge in [-0.15, -0.1) is 0 Å². The van der Waals surface area contributed by atoms with Crippen molar-refractivity contribution in [2.75, 3.05) is 11.6 Å². The van der Waals surface area contributed by atoms with Crippen molar-refractivity contribution in [2.24, 2.45) is 0 Å². The van der Waals surface area contributed by atoms with Crippen LogP contribution in [0.25, 0.3) is 0 Å². The molecule has 1 amide bonds. The van der Waals surface area contributed by atoms with Crippen molar-refractivity contribution in [1.29, 1.82) is 0 Å². The quantitative estimate of drug-likeness (QED) is 0.944. The largest absolute Gasteiger partial charge is 0.322 e. The Morgan fingerprint density at radius 3 is 2.32 bits per heavy atom. The van der Waals surface area contributed by atoms with E-state index >= 15 is 0 Å². The third-order valence-electron chi connectivity index (χ3n) is 3.06. The van der Waals surface area contributed by atoms with Gasteiger partial charge >= 0.3 is 0 Å². The third kappa shape index (κ3) is 3.48. The van der Waals surface area contributed by atoms with Gasteiger partial charge in [0.25, 0.3) is 5.91 Å². The number of carbonyl (C=O) groups excluding carboxylic acids is 1. The fourth-order valence-corrected chi connectivity index (χ4v) is 2.50. The van der Waals surface area contributed by atoms with Gasteiger partial charge in [0.15, 0.2) is 21.5 Å². The summed E-state index contributed by atoms with van der Waals surface area (Å²) >= 11 is 0. The van der Waals surface area contributed by atoms with Crippen LogP contribution in [-0.2, 0) is 9.84 Å². The van der Waals surface area contributed by atoms with Gasteiger partial charge in [0.2, 0.25) is 0 Å². The lowest BCUT2D eigenvalue weighted by atomic mass is 10.1. The van der Waals surface area contributed by atoms with Crippen molar-refractivity contribution in [1.82, 2.24) is 0 Å². The second-order valence-electron chi connectivity index (χ2n) is 4.83. The Balaban J connectivity index is 2.35. The zero-order valence-corrected chi connectivity index (χ0v) is 12.7. The first-order valence-electron chi connectivity index (χ1n) is 6.25. The number of aryl methyl sites for hydroxylation is 1. The number of halogens is 2. The highest BCUT2D eigenvalue weighted by molar-refractivity contribution is 7.90. The summed E-state index contributed by atoms with van der Waals surface area (Å²) < 4.78 is 49.1. The lowest BCUT2D eigenvalue weighted by Gasteiger charge is -2.09. The molecule has 116 valence electrons. The van der Waals surface area contributed by atoms with Crippen LogP contribution in [0.5, 0.6) is 0 Å². The van der Waals surface area contributed by atoms with Gasteiger partial charge in [0.05, 0.1) is 4.90 Å². The molecule has 4 nitrogen and oxygen atoms in total. The van der Waals surface area contributed by atoms with E-state index in [4.69, 9.17) is 0 Å². The Morgan fingerprint density at radius 2 is 1.73 bits per heavy atom. The molecule has 0 aliphatic carbocycles. The van der Waals surface area contributed by atoms with Gasteiger partial charge < -0.3 is 5.32 Å². The van der Waals surface area contributed by atoms with E-state index in [0.29, 0.717) is 5.56 Å². The van der Waals surface area contributed by atoms with Crippen LogP contribution in [0.4, 0.5) is 14.5 Å². The average Bonchev–Trinajstić information content (AvgIpc) is 2.42. The summed E-state index contributed by atoms with van der Waals surface area (Å²) in [6.45, 7) is 1.65. The molecule has 0 radical (unpaired) electrons. The molecule has 0 heterocycles. The van der Waals surface area contributed by atoms with Crippen molar-refractivity contribution in [2.45, 2.75) is 11.8 Å². The molecule has 1 N–H and O–H groups in total. The number of carbonyl (C=O) groups is 1. The molecular formula is C15H13F2NO3S. The van der Waals surface area contributed by atoms with Crippen molar-refractivity contribution >= 4 is 21.4 Å².